The Morgan fingerprint density at radius 2 is 2.23 bits per heavy atom. The van der Waals surface area contributed by atoms with Crippen LogP contribution in [0.3, 0.4) is 0 Å². The van der Waals surface area contributed by atoms with E-state index in [1.165, 1.54) is 0 Å². The van der Waals surface area contributed by atoms with Crippen molar-refractivity contribution in [3.8, 4) is 0 Å². The molecule has 5 nitrogen and oxygen atoms in total. The zero-order valence-corrected chi connectivity index (χ0v) is 15.1. The molecule has 3 N–H and O–H groups in total. The number of nitrogens with zero attached hydrogens (tertiary/aromatic N) is 2. The minimum absolute atomic E-state index is 0.246. The van der Waals surface area contributed by atoms with Crippen LogP contribution in [0.4, 0.5) is 0 Å². The van der Waals surface area contributed by atoms with Gasteiger partial charge in [-0.25, -0.2) is 0 Å². The van der Waals surface area contributed by atoms with E-state index in [1.54, 1.807) is 24.5 Å². The molecule has 0 spiro atoms. The molecule has 0 bridgehead atoms. The van der Waals surface area contributed by atoms with Gasteiger partial charge in [0.2, 0.25) is 5.91 Å². The molecule has 0 radical (unpaired) electrons. The smallest absolute Gasteiger partial charge is 0.239 e. The first-order valence-electron chi connectivity index (χ1n) is 8.43. The van der Waals surface area contributed by atoms with Crippen LogP contribution in [-0.2, 0) is 11.2 Å². The Morgan fingerprint density at radius 3 is 2.88 bits per heavy atom. The third kappa shape index (κ3) is 4.56. The quantitative estimate of drug-likeness (QED) is 0.788. The fraction of sp³-hybridized carbons (Fsp3) is 0.250. The minimum atomic E-state index is -0.612. The molecule has 1 aliphatic heterocycles. The van der Waals surface area contributed by atoms with Crippen LogP contribution in [-0.4, -0.2) is 30.2 Å². The Balaban J connectivity index is 1.79. The maximum Gasteiger partial charge on any atom is 0.239 e. The van der Waals surface area contributed by atoms with Gasteiger partial charge in [0.05, 0.1) is 0 Å². The Morgan fingerprint density at radius 1 is 1.35 bits per heavy atom. The second-order valence-corrected chi connectivity index (χ2v) is 6.96. The van der Waals surface area contributed by atoms with Gasteiger partial charge in [-0.3, -0.25) is 14.8 Å². The van der Waals surface area contributed by atoms with E-state index in [0.29, 0.717) is 18.1 Å². The van der Waals surface area contributed by atoms with Gasteiger partial charge in [-0.05, 0) is 41.8 Å². The van der Waals surface area contributed by atoms with Crippen LogP contribution in [0.2, 0.25) is 5.02 Å². The van der Waals surface area contributed by atoms with Gasteiger partial charge in [0.15, 0.2) is 0 Å². The molecule has 1 aromatic heterocycles. The molecular formula is C20H21ClN4O. The number of rotatable bonds is 7. The lowest BCUT2D eigenvalue weighted by Crippen LogP contribution is -2.43. The number of benzene rings is 1. The summed E-state index contributed by atoms with van der Waals surface area (Å²) in [5.41, 5.74) is 7.26. The Bertz CT molecular complexity index is 822. The normalized spacial score (nSPS) is 20.0. The van der Waals surface area contributed by atoms with E-state index in [1.807, 2.05) is 36.5 Å². The molecule has 26 heavy (non-hydrogen) atoms. The molecule has 134 valence electrons. The molecule has 1 aromatic carbocycles. The molecule has 0 saturated heterocycles. The van der Waals surface area contributed by atoms with Crippen LogP contribution in [0, 0.1) is 5.41 Å². The molecule has 1 amide bonds. The number of hydrogen-bond acceptors (Lipinski definition) is 4. The number of pyridine rings is 1. The fourth-order valence-electron chi connectivity index (χ4n) is 3.17. The number of halogens is 1. The predicted octanol–water partition coefficient (Wildman–Crippen LogP) is 2.72. The van der Waals surface area contributed by atoms with Crippen molar-refractivity contribution in [2.24, 2.45) is 16.1 Å². The van der Waals surface area contributed by atoms with E-state index in [9.17, 15) is 4.79 Å². The largest absolute Gasteiger partial charge is 0.368 e. The molecule has 2 heterocycles. The van der Waals surface area contributed by atoms with E-state index in [2.05, 4.69) is 21.4 Å². The molecule has 0 saturated carbocycles. The van der Waals surface area contributed by atoms with Gasteiger partial charge in [-0.1, -0.05) is 35.9 Å². The molecule has 2 atom stereocenters. The maximum atomic E-state index is 12.0. The van der Waals surface area contributed by atoms with Crippen molar-refractivity contribution in [1.82, 2.24) is 10.3 Å². The summed E-state index contributed by atoms with van der Waals surface area (Å²) in [7, 11) is 0. The van der Waals surface area contributed by atoms with Gasteiger partial charge in [-0.2, -0.15) is 0 Å². The number of aromatic nitrogens is 1. The van der Waals surface area contributed by atoms with Crippen molar-refractivity contribution in [2.45, 2.75) is 12.5 Å². The first kappa shape index (κ1) is 18.3. The average Bonchev–Trinajstić information content (AvgIpc) is 2.63. The average molecular weight is 369 g/mol. The molecule has 3 rings (SSSR count). The van der Waals surface area contributed by atoms with Crippen LogP contribution >= 0.6 is 11.6 Å². The number of aliphatic imine (C=N–C) groups is 1. The number of hydrogen-bond donors (Lipinski definition) is 2. The molecule has 1 aliphatic rings. The highest BCUT2D eigenvalue weighted by atomic mass is 35.5. The number of nitrogens with one attached hydrogen (secondary N) is 1. The fourth-order valence-corrected chi connectivity index (χ4v) is 3.37. The van der Waals surface area contributed by atoms with Gasteiger partial charge in [0.1, 0.15) is 6.04 Å². The van der Waals surface area contributed by atoms with Gasteiger partial charge in [-0.15, -0.1) is 0 Å². The summed E-state index contributed by atoms with van der Waals surface area (Å²) in [6, 6.07) is 10.5. The molecule has 6 heteroatoms. The molecular weight excluding hydrogens is 348 g/mol. The topological polar surface area (TPSA) is 80.4 Å². The Hall–Kier alpha value is -2.50. The second kappa shape index (κ2) is 8.25. The molecule has 0 fully saturated rings. The van der Waals surface area contributed by atoms with Crippen LogP contribution in [0.5, 0.6) is 0 Å². The van der Waals surface area contributed by atoms with Crippen molar-refractivity contribution in [1.29, 1.82) is 0 Å². The number of carbonyl (C=O) groups is 1. The summed E-state index contributed by atoms with van der Waals surface area (Å²) < 4.78 is 0. The van der Waals surface area contributed by atoms with Crippen molar-refractivity contribution in [3.05, 3.63) is 77.1 Å². The monoisotopic (exact) mass is 368 g/mol. The van der Waals surface area contributed by atoms with Crippen LogP contribution in [0.1, 0.15) is 17.2 Å². The van der Waals surface area contributed by atoms with E-state index in [0.717, 1.165) is 17.5 Å². The summed E-state index contributed by atoms with van der Waals surface area (Å²) in [5, 5.41) is 3.89. The van der Waals surface area contributed by atoms with Crippen molar-refractivity contribution in [2.75, 3.05) is 13.1 Å². The number of primary amides is 1. The minimum Gasteiger partial charge on any atom is -0.368 e. The van der Waals surface area contributed by atoms with Crippen molar-refractivity contribution < 1.29 is 4.79 Å². The molecule has 2 unspecified atom stereocenters. The maximum absolute atomic E-state index is 12.0. The van der Waals surface area contributed by atoms with E-state index >= 15 is 0 Å². The van der Waals surface area contributed by atoms with E-state index < -0.39 is 11.9 Å². The summed E-state index contributed by atoms with van der Waals surface area (Å²) in [5.74, 6) is -0.438. The highest BCUT2D eigenvalue weighted by Gasteiger charge is 2.31. The Labute approximate surface area is 158 Å². The highest BCUT2D eigenvalue weighted by Crippen LogP contribution is 2.28. The first-order chi connectivity index (χ1) is 12.6. The summed E-state index contributed by atoms with van der Waals surface area (Å²) in [6.45, 7) is 1.18. The SMILES string of the molecule is NC(=O)C(NCC1(Cc2cccnc2)C=CC=NC1)c1cccc(Cl)c1. The zero-order valence-electron chi connectivity index (χ0n) is 14.3. The number of nitrogens with two attached hydrogens (primary N) is 1. The van der Waals surface area contributed by atoms with Crippen molar-refractivity contribution in [3.63, 3.8) is 0 Å². The third-order valence-electron chi connectivity index (χ3n) is 4.45. The van der Waals surface area contributed by atoms with Gasteiger partial charge in [0.25, 0.3) is 0 Å². The van der Waals surface area contributed by atoms with Gasteiger partial charge >= 0.3 is 0 Å². The Kier molecular flexibility index (Phi) is 5.81. The number of allylic oxidation sites excluding steroid dienone is 1. The van der Waals surface area contributed by atoms with Crippen LogP contribution in [0.25, 0.3) is 0 Å². The highest BCUT2D eigenvalue weighted by molar-refractivity contribution is 6.30. The van der Waals surface area contributed by atoms with Crippen LogP contribution < -0.4 is 11.1 Å². The summed E-state index contributed by atoms with van der Waals surface area (Å²) in [4.78, 5) is 20.6. The zero-order chi connectivity index (χ0) is 18.4. The lowest BCUT2D eigenvalue weighted by molar-refractivity contribution is -0.120. The first-order valence-corrected chi connectivity index (χ1v) is 8.81. The standard InChI is InChI=1S/C20H21ClN4O/c21-17-6-1-5-16(10-17)18(19(22)26)25-14-20(7-3-9-24-13-20)11-15-4-2-8-23-12-15/h1-10,12,18,25H,11,13-14H2,(H2,22,26). The van der Waals surface area contributed by atoms with Crippen molar-refractivity contribution >= 4 is 23.7 Å². The summed E-state index contributed by atoms with van der Waals surface area (Å²) >= 11 is 6.06. The molecule has 2 aromatic rings. The lowest BCUT2D eigenvalue weighted by atomic mass is 9.80. The predicted molar refractivity (Wildman–Crippen MR) is 104 cm³/mol. The molecule has 0 aliphatic carbocycles. The summed E-state index contributed by atoms with van der Waals surface area (Å²) in [6.07, 6.45) is 10.3. The number of dihydropyridines is 1. The van der Waals surface area contributed by atoms with E-state index in [-0.39, 0.29) is 5.41 Å². The number of carbonyl (C=O) groups excluding carboxylic acids is 1. The van der Waals surface area contributed by atoms with Crippen LogP contribution in [0.15, 0.2) is 65.9 Å². The number of amides is 1. The van der Waals surface area contributed by atoms with Gasteiger partial charge in [0, 0.05) is 42.1 Å². The third-order valence-corrected chi connectivity index (χ3v) is 4.69. The van der Waals surface area contributed by atoms with E-state index in [4.69, 9.17) is 17.3 Å². The second-order valence-electron chi connectivity index (χ2n) is 6.52. The lowest BCUT2D eigenvalue weighted by Gasteiger charge is -2.32. The van der Waals surface area contributed by atoms with Gasteiger partial charge < -0.3 is 11.1 Å².